The maximum Gasteiger partial charge on any atom is 0.119 e. The van der Waals surface area contributed by atoms with Gasteiger partial charge in [0.1, 0.15) is 5.75 Å². The first-order chi connectivity index (χ1) is 7.61. The lowest BCUT2D eigenvalue weighted by Crippen LogP contribution is -2.24. The zero-order chi connectivity index (χ0) is 12.0. The average molecular weight is 222 g/mol. The Morgan fingerprint density at radius 3 is 2.38 bits per heavy atom. The van der Waals surface area contributed by atoms with Crippen molar-refractivity contribution < 1.29 is 4.74 Å². The van der Waals surface area contributed by atoms with Gasteiger partial charge in [0.05, 0.1) is 6.10 Å². The van der Waals surface area contributed by atoms with Gasteiger partial charge in [0.15, 0.2) is 0 Å². The second-order valence-electron chi connectivity index (χ2n) is 4.34. The van der Waals surface area contributed by atoms with Crippen molar-refractivity contribution in [1.82, 2.24) is 4.90 Å². The highest BCUT2D eigenvalue weighted by molar-refractivity contribution is 5.27. The van der Waals surface area contributed by atoms with Gasteiger partial charge in [-0.15, -0.1) is 0 Å². The highest BCUT2D eigenvalue weighted by Gasteiger charge is 2.01. The molecule has 0 atom stereocenters. The van der Waals surface area contributed by atoms with Gasteiger partial charge >= 0.3 is 0 Å². The van der Waals surface area contributed by atoms with E-state index < -0.39 is 0 Å². The van der Waals surface area contributed by atoms with Gasteiger partial charge in [0, 0.05) is 19.6 Å². The topological polar surface area (TPSA) is 38.5 Å². The van der Waals surface area contributed by atoms with Crippen molar-refractivity contribution in [3.63, 3.8) is 0 Å². The molecule has 0 spiro atoms. The minimum absolute atomic E-state index is 0.228. The molecule has 0 heterocycles. The third-order valence-electron chi connectivity index (χ3n) is 2.26. The number of benzene rings is 1. The van der Waals surface area contributed by atoms with E-state index in [9.17, 15) is 0 Å². The van der Waals surface area contributed by atoms with Crippen molar-refractivity contribution in [2.45, 2.75) is 26.5 Å². The van der Waals surface area contributed by atoms with E-state index in [1.807, 2.05) is 26.0 Å². The molecule has 16 heavy (non-hydrogen) atoms. The van der Waals surface area contributed by atoms with Gasteiger partial charge in [-0.1, -0.05) is 12.1 Å². The summed E-state index contributed by atoms with van der Waals surface area (Å²) in [6.07, 6.45) is 0.228. The summed E-state index contributed by atoms with van der Waals surface area (Å²) < 4.78 is 5.59. The van der Waals surface area contributed by atoms with E-state index in [-0.39, 0.29) is 6.10 Å². The fourth-order valence-corrected chi connectivity index (χ4v) is 1.56. The lowest BCUT2D eigenvalue weighted by molar-refractivity contribution is 0.242. The number of hydrogen-bond donors (Lipinski definition) is 1. The standard InChI is InChI=1S/C13H22N2O/c1-11(2)16-13-6-4-12(5-7-13)10-15(3)9-8-14/h4-7,11H,8-10,14H2,1-3H3. The molecule has 0 aromatic heterocycles. The van der Waals surface area contributed by atoms with Crippen LogP contribution in [0.5, 0.6) is 5.75 Å². The molecule has 0 aliphatic heterocycles. The molecule has 0 unspecified atom stereocenters. The van der Waals surface area contributed by atoms with E-state index in [1.165, 1.54) is 5.56 Å². The lowest BCUT2D eigenvalue weighted by atomic mass is 10.2. The molecule has 0 amide bonds. The van der Waals surface area contributed by atoms with E-state index in [2.05, 4.69) is 24.1 Å². The number of ether oxygens (including phenoxy) is 1. The highest BCUT2D eigenvalue weighted by Crippen LogP contribution is 2.14. The molecular formula is C13H22N2O. The number of likely N-dealkylation sites (N-methyl/N-ethyl adjacent to an activating group) is 1. The molecule has 0 saturated carbocycles. The summed E-state index contributed by atoms with van der Waals surface area (Å²) in [4.78, 5) is 2.21. The molecule has 1 aromatic carbocycles. The number of nitrogens with two attached hydrogens (primary N) is 1. The molecule has 0 aliphatic rings. The Balaban J connectivity index is 2.50. The maximum absolute atomic E-state index is 5.59. The third kappa shape index (κ3) is 4.64. The van der Waals surface area contributed by atoms with Crippen LogP contribution in [0.1, 0.15) is 19.4 Å². The molecule has 2 N–H and O–H groups in total. The molecule has 1 rings (SSSR count). The van der Waals surface area contributed by atoms with Crippen molar-refractivity contribution in [1.29, 1.82) is 0 Å². The van der Waals surface area contributed by atoms with Crippen LogP contribution in [0.2, 0.25) is 0 Å². The molecule has 1 aromatic rings. The summed E-state index contributed by atoms with van der Waals surface area (Å²) in [7, 11) is 2.07. The van der Waals surface area contributed by atoms with Gasteiger partial charge < -0.3 is 15.4 Å². The molecule has 3 heteroatoms. The smallest absolute Gasteiger partial charge is 0.119 e. The number of nitrogens with zero attached hydrogens (tertiary/aromatic N) is 1. The molecule has 90 valence electrons. The monoisotopic (exact) mass is 222 g/mol. The second kappa shape index (κ2) is 6.51. The largest absolute Gasteiger partial charge is 0.491 e. The average Bonchev–Trinajstić information content (AvgIpc) is 2.20. The molecule has 0 bridgehead atoms. The fourth-order valence-electron chi connectivity index (χ4n) is 1.56. The van der Waals surface area contributed by atoms with E-state index in [1.54, 1.807) is 0 Å². The summed E-state index contributed by atoms with van der Waals surface area (Å²) in [5.74, 6) is 0.931. The summed E-state index contributed by atoms with van der Waals surface area (Å²) in [6, 6.07) is 8.24. The van der Waals surface area contributed by atoms with Crippen molar-refractivity contribution in [2.24, 2.45) is 5.73 Å². The van der Waals surface area contributed by atoms with Crippen LogP contribution >= 0.6 is 0 Å². The predicted molar refractivity (Wildman–Crippen MR) is 67.6 cm³/mol. The van der Waals surface area contributed by atoms with E-state index in [0.29, 0.717) is 6.54 Å². The second-order valence-corrected chi connectivity index (χ2v) is 4.34. The Bertz CT molecular complexity index is 295. The summed E-state index contributed by atoms with van der Waals surface area (Å²) in [5.41, 5.74) is 6.78. The predicted octanol–water partition coefficient (Wildman–Crippen LogP) is 1.86. The summed E-state index contributed by atoms with van der Waals surface area (Å²) in [6.45, 7) is 6.61. The van der Waals surface area contributed by atoms with Crippen LogP contribution in [0.3, 0.4) is 0 Å². The van der Waals surface area contributed by atoms with Gasteiger partial charge in [-0.05, 0) is 38.6 Å². The van der Waals surface area contributed by atoms with Crippen LogP contribution in [-0.4, -0.2) is 31.1 Å². The van der Waals surface area contributed by atoms with Crippen LogP contribution in [0, 0.1) is 0 Å². The van der Waals surface area contributed by atoms with E-state index in [4.69, 9.17) is 10.5 Å². The lowest BCUT2D eigenvalue weighted by Gasteiger charge is -2.16. The SMILES string of the molecule is CC(C)Oc1ccc(CN(C)CCN)cc1. The number of rotatable bonds is 6. The first kappa shape index (κ1) is 13.0. The zero-order valence-corrected chi connectivity index (χ0v) is 10.4. The minimum Gasteiger partial charge on any atom is -0.491 e. The van der Waals surface area contributed by atoms with Crippen LogP contribution in [0.4, 0.5) is 0 Å². The summed E-state index contributed by atoms with van der Waals surface area (Å²) in [5, 5.41) is 0. The molecule has 0 aliphatic carbocycles. The third-order valence-corrected chi connectivity index (χ3v) is 2.26. The molecule has 0 radical (unpaired) electrons. The van der Waals surface area contributed by atoms with Crippen LogP contribution in [0.15, 0.2) is 24.3 Å². The van der Waals surface area contributed by atoms with Gasteiger partial charge in [-0.25, -0.2) is 0 Å². The Kier molecular flexibility index (Phi) is 5.29. The number of hydrogen-bond acceptors (Lipinski definition) is 3. The van der Waals surface area contributed by atoms with Gasteiger partial charge in [-0.2, -0.15) is 0 Å². The first-order valence-electron chi connectivity index (χ1n) is 5.76. The highest BCUT2D eigenvalue weighted by atomic mass is 16.5. The van der Waals surface area contributed by atoms with Crippen molar-refractivity contribution in [3.05, 3.63) is 29.8 Å². The maximum atomic E-state index is 5.59. The van der Waals surface area contributed by atoms with Crippen LogP contribution in [0.25, 0.3) is 0 Å². The molecular weight excluding hydrogens is 200 g/mol. The van der Waals surface area contributed by atoms with E-state index >= 15 is 0 Å². The van der Waals surface area contributed by atoms with Gasteiger partial charge in [-0.3, -0.25) is 0 Å². The minimum atomic E-state index is 0.228. The van der Waals surface area contributed by atoms with Crippen LogP contribution < -0.4 is 10.5 Å². The van der Waals surface area contributed by atoms with Crippen molar-refractivity contribution in [2.75, 3.05) is 20.1 Å². The molecule has 0 fully saturated rings. The molecule has 0 saturated heterocycles. The van der Waals surface area contributed by atoms with Gasteiger partial charge in [0.25, 0.3) is 0 Å². The Morgan fingerprint density at radius 1 is 1.25 bits per heavy atom. The van der Waals surface area contributed by atoms with Crippen molar-refractivity contribution in [3.8, 4) is 5.75 Å². The Hall–Kier alpha value is -1.06. The Labute approximate surface area is 98.2 Å². The zero-order valence-electron chi connectivity index (χ0n) is 10.4. The Morgan fingerprint density at radius 2 is 1.88 bits per heavy atom. The van der Waals surface area contributed by atoms with Gasteiger partial charge in [0.2, 0.25) is 0 Å². The first-order valence-corrected chi connectivity index (χ1v) is 5.76. The molecule has 3 nitrogen and oxygen atoms in total. The quantitative estimate of drug-likeness (QED) is 0.798. The van der Waals surface area contributed by atoms with Crippen LogP contribution in [-0.2, 0) is 6.54 Å². The van der Waals surface area contributed by atoms with E-state index in [0.717, 1.165) is 18.8 Å². The van der Waals surface area contributed by atoms with Crippen molar-refractivity contribution >= 4 is 0 Å². The summed E-state index contributed by atoms with van der Waals surface area (Å²) >= 11 is 0. The normalized spacial score (nSPS) is 11.1. The fraction of sp³-hybridized carbons (Fsp3) is 0.538.